The van der Waals surface area contributed by atoms with Gasteiger partial charge >= 0.3 is 6.18 Å². The van der Waals surface area contributed by atoms with Gasteiger partial charge in [-0.25, -0.2) is 18.2 Å². The average Bonchev–Trinajstić information content (AvgIpc) is 3.61. The van der Waals surface area contributed by atoms with Gasteiger partial charge < -0.3 is 16.4 Å². The van der Waals surface area contributed by atoms with Gasteiger partial charge in [0.25, 0.3) is 5.91 Å². The highest BCUT2D eigenvalue weighted by Gasteiger charge is 2.49. The summed E-state index contributed by atoms with van der Waals surface area (Å²) in [4.78, 5) is 30.1. The molecule has 1 fully saturated rings. The van der Waals surface area contributed by atoms with Crippen molar-refractivity contribution in [3.05, 3.63) is 63.7 Å². The van der Waals surface area contributed by atoms with Crippen LogP contribution in [0.4, 0.5) is 32.2 Å². The molecule has 0 bridgehead atoms. The summed E-state index contributed by atoms with van der Waals surface area (Å²) in [6.45, 7) is 1.95. The number of nitrogens with two attached hydrogens (primary N) is 1. The monoisotopic (exact) mass is 513 g/mol. The second kappa shape index (κ2) is 9.45. The Morgan fingerprint density at radius 2 is 1.83 bits per heavy atom. The Kier molecular flexibility index (Phi) is 6.69. The molecule has 7 nitrogen and oxygen atoms in total. The first-order valence-corrected chi connectivity index (χ1v) is 10.9. The molecular formula is C23H21F6N5O2. The largest absolute Gasteiger partial charge is 0.408 e. The third-order valence-corrected chi connectivity index (χ3v) is 5.66. The summed E-state index contributed by atoms with van der Waals surface area (Å²) in [7, 11) is 0. The number of fused-ring (bicyclic) bond motifs is 1. The summed E-state index contributed by atoms with van der Waals surface area (Å²) in [5.74, 6) is -6.02. The number of aromatic nitrogens is 2. The molecule has 1 aromatic carbocycles. The van der Waals surface area contributed by atoms with E-state index in [-0.39, 0.29) is 42.3 Å². The number of nitrogens with zero attached hydrogens (tertiary/aromatic N) is 2. The summed E-state index contributed by atoms with van der Waals surface area (Å²) < 4.78 is 84.0. The number of rotatable bonds is 7. The normalized spacial score (nSPS) is 15.6. The number of pyridine rings is 2. The van der Waals surface area contributed by atoms with Crippen LogP contribution in [0, 0.1) is 23.4 Å². The lowest BCUT2D eigenvalue weighted by molar-refractivity contribution is -0.158. The van der Waals surface area contributed by atoms with E-state index in [2.05, 4.69) is 10.3 Å². The van der Waals surface area contributed by atoms with Crippen LogP contribution in [0.15, 0.2) is 35.3 Å². The molecule has 0 unspecified atom stereocenters. The molecule has 4 rings (SSSR count). The number of hydrogen-bond donors (Lipinski definition) is 3. The third-order valence-electron chi connectivity index (χ3n) is 5.66. The van der Waals surface area contributed by atoms with Crippen molar-refractivity contribution in [2.45, 2.75) is 38.0 Å². The molecule has 13 heteroatoms. The molecule has 3 aromatic rings. The summed E-state index contributed by atoms with van der Waals surface area (Å²) in [5.41, 5.74) is 2.72. The fraction of sp³-hybridized carbons (Fsp3) is 0.348. The van der Waals surface area contributed by atoms with E-state index in [4.69, 9.17) is 5.73 Å². The Morgan fingerprint density at radius 3 is 2.39 bits per heavy atom. The number of carbonyl (C=O) groups excluding carboxylic acids is 1. The number of amides is 1. The molecule has 1 aliphatic carbocycles. The Morgan fingerprint density at radius 1 is 1.19 bits per heavy atom. The average molecular weight is 513 g/mol. The Labute approximate surface area is 200 Å². The fourth-order valence-corrected chi connectivity index (χ4v) is 3.78. The van der Waals surface area contributed by atoms with Gasteiger partial charge in [-0.3, -0.25) is 14.2 Å². The quantitative estimate of drug-likeness (QED) is 0.419. The van der Waals surface area contributed by atoms with Crippen LogP contribution in [0.2, 0.25) is 0 Å². The van der Waals surface area contributed by atoms with Crippen LogP contribution in [0.1, 0.15) is 30.1 Å². The van der Waals surface area contributed by atoms with Crippen molar-refractivity contribution in [3.8, 4) is 5.69 Å². The van der Waals surface area contributed by atoms with E-state index >= 15 is 0 Å². The van der Waals surface area contributed by atoms with Crippen molar-refractivity contribution in [2.24, 2.45) is 11.7 Å². The summed E-state index contributed by atoms with van der Waals surface area (Å²) in [5, 5.41) is 4.40. The first kappa shape index (κ1) is 25.5. The van der Waals surface area contributed by atoms with E-state index in [1.165, 1.54) is 12.1 Å². The minimum absolute atomic E-state index is 0.166. The van der Waals surface area contributed by atoms with E-state index < -0.39 is 58.2 Å². The summed E-state index contributed by atoms with van der Waals surface area (Å²) >= 11 is 0. The van der Waals surface area contributed by atoms with Crippen LogP contribution >= 0.6 is 0 Å². The molecule has 2 heterocycles. The Hall–Kier alpha value is -3.61. The van der Waals surface area contributed by atoms with Gasteiger partial charge in [-0.15, -0.1) is 0 Å². The van der Waals surface area contributed by atoms with Gasteiger partial charge in [-0.1, -0.05) is 0 Å². The van der Waals surface area contributed by atoms with Gasteiger partial charge in [0, 0.05) is 30.9 Å². The molecule has 2 aromatic heterocycles. The van der Waals surface area contributed by atoms with Gasteiger partial charge in [0.05, 0.1) is 5.39 Å². The van der Waals surface area contributed by atoms with Gasteiger partial charge in [-0.2, -0.15) is 13.2 Å². The molecule has 1 aliphatic rings. The maximum absolute atomic E-state index is 14.7. The van der Waals surface area contributed by atoms with E-state index in [1.807, 2.05) is 5.32 Å². The minimum Gasteiger partial charge on any atom is -0.368 e. The number of hydrogen-bond acceptors (Lipinski definition) is 5. The zero-order chi connectivity index (χ0) is 26.4. The number of anilines is 1. The highest BCUT2D eigenvalue weighted by Crippen LogP contribution is 2.40. The molecule has 4 N–H and O–H groups in total. The Balaban J connectivity index is 1.90. The van der Waals surface area contributed by atoms with Crippen molar-refractivity contribution in [1.29, 1.82) is 0 Å². The second-order valence-corrected chi connectivity index (χ2v) is 8.72. The summed E-state index contributed by atoms with van der Waals surface area (Å²) in [6, 6.07) is 0.841. The molecule has 2 atom stereocenters. The third kappa shape index (κ3) is 5.15. The zero-order valence-electron chi connectivity index (χ0n) is 18.8. The SMILES string of the molecule is C[C@H](N)CNc1ccc2c(=O)c(C(=O)N[C@@H](C3CC3)C(F)(F)F)cn(-c3c(F)cc(F)cc3F)c2n1. The summed E-state index contributed by atoms with van der Waals surface area (Å²) in [6.07, 6.45) is -3.56. The number of benzene rings is 1. The molecule has 0 aliphatic heterocycles. The van der Waals surface area contributed by atoms with E-state index in [9.17, 15) is 35.9 Å². The van der Waals surface area contributed by atoms with Gasteiger partial charge in [0.15, 0.2) is 17.3 Å². The molecule has 0 radical (unpaired) electrons. The molecule has 0 saturated heterocycles. The highest BCUT2D eigenvalue weighted by molar-refractivity contribution is 5.97. The lowest BCUT2D eigenvalue weighted by Gasteiger charge is -2.22. The van der Waals surface area contributed by atoms with Crippen LogP contribution in [0.5, 0.6) is 0 Å². The fourth-order valence-electron chi connectivity index (χ4n) is 3.78. The molecule has 36 heavy (non-hydrogen) atoms. The minimum atomic E-state index is -4.76. The van der Waals surface area contributed by atoms with Crippen LogP contribution in [0.25, 0.3) is 16.7 Å². The molecule has 1 amide bonds. The van der Waals surface area contributed by atoms with E-state index in [0.29, 0.717) is 22.9 Å². The number of nitrogens with one attached hydrogen (secondary N) is 2. The van der Waals surface area contributed by atoms with Crippen LogP contribution < -0.4 is 21.8 Å². The molecule has 1 saturated carbocycles. The zero-order valence-corrected chi connectivity index (χ0v) is 18.8. The van der Waals surface area contributed by atoms with Crippen LogP contribution in [0.3, 0.4) is 0 Å². The number of halogens is 6. The smallest absolute Gasteiger partial charge is 0.368 e. The lowest BCUT2D eigenvalue weighted by atomic mass is 10.1. The maximum Gasteiger partial charge on any atom is 0.408 e. The Bertz CT molecular complexity index is 1360. The predicted octanol–water partition coefficient (Wildman–Crippen LogP) is 3.63. The molecule has 192 valence electrons. The van der Waals surface area contributed by atoms with Crippen molar-refractivity contribution >= 4 is 22.8 Å². The standard InChI is InChI=1S/C23H21F6N5O2/c1-10(30)8-31-17-5-4-13-19(35)14(22(36)33-20(11-2-3-11)23(27,28)29)9-34(21(13)32-17)18-15(25)6-12(24)7-16(18)26/h4-7,9-11,20H,2-3,8,30H2,1H3,(H,31,32)(H,33,36)/t10-,20-/m0/s1. The topological polar surface area (TPSA) is 102 Å². The van der Waals surface area contributed by atoms with Crippen LogP contribution in [-0.2, 0) is 0 Å². The number of carbonyl (C=O) groups is 1. The first-order chi connectivity index (χ1) is 16.9. The van der Waals surface area contributed by atoms with Gasteiger partial charge in [-0.05, 0) is 37.8 Å². The van der Waals surface area contributed by atoms with E-state index in [0.717, 1.165) is 0 Å². The predicted molar refractivity (Wildman–Crippen MR) is 119 cm³/mol. The molecule has 0 spiro atoms. The number of alkyl halides is 3. The molecular weight excluding hydrogens is 492 g/mol. The lowest BCUT2D eigenvalue weighted by Crippen LogP contribution is -2.48. The first-order valence-electron chi connectivity index (χ1n) is 10.9. The van der Waals surface area contributed by atoms with E-state index in [1.54, 1.807) is 6.92 Å². The van der Waals surface area contributed by atoms with Crippen molar-refractivity contribution < 1.29 is 31.1 Å². The van der Waals surface area contributed by atoms with Gasteiger partial charge in [0.1, 0.15) is 28.9 Å². The van der Waals surface area contributed by atoms with Crippen molar-refractivity contribution in [1.82, 2.24) is 14.9 Å². The van der Waals surface area contributed by atoms with Crippen molar-refractivity contribution in [3.63, 3.8) is 0 Å². The second-order valence-electron chi connectivity index (χ2n) is 8.72. The highest BCUT2D eigenvalue weighted by atomic mass is 19.4. The van der Waals surface area contributed by atoms with Gasteiger partial charge in [0.2, 0.25) is 5.43 Å². The van der Waals surface area contributed by atoms with Crippen LogP contribution in [-0.4, -0.2) is 40.3 Å². The van der Waals surface area contributed by atoms with Crippen molar-refractivity contribution in [2.75, 3.05) is 11.9 Å². The maximum atomic E-state index is 14.7.